The van der Waals surface area contributed by atoms with Gasteiger partial charge in [-0.05, 0) is 29.7 Å². The summed E-state index contributed by atoms with van der Waals surface area (Å²) < 4.78 is 4.48. The molecule has 0 bridgehead atoms. The van der Waals surface area contributed by atoms with E-state index in [-0.39, 0.29) is 12.8 Å². The van der Waals surface area contributed by atoms with Crippen LogP contribution in [0.25, 0.3) is 11.1 Å². The van der Waals surface area contributed by atoms with Gasteiger partial charge < -0.3 is 15.2 Å². The Morgan fingerprint density at radius 2 is 1.60 bits per heavy atom. The van der Waals surface area contributed by atoms with Crippen molar-refractivity contribution in [3.8, 4) is 11.1 Å². The molecule has 1 amide bonds. The van der Waals surface area contributed by atoms with Crippen molar-refractivity contribution in [1.82, 2.24) is 5.32 Å². The smallest absolute Gasteiger partial charge is 0.326 e. The Labute approximate surface area is 145 Å². The van der Waals surface area contributed by atoms with Crippen LogP contribution in [-0.2, 0) is 14.3 Å². The van der Waals surface area contributed by atoms with E-state index in [0.717, 1.165) is 11.1 Å². The first-order valence-corrected chi connectivity index (χ1v) is 7.77. The SMILES string of the molecule is COC(=O)CC[C@H](NC(=O)c1ccc(-c2ccccc2)cc1)C(=O)O. The molecule has 0 unspecified atom stereocenters. The van der Waals surface area contributed by atoms with Gasteiger partial charge in [-0.25, -0.2) is 4.79 Å². The molecule has 0 aromatic heterocycles. The summed E-state index contributed by atoms with van der Waals surface area (Å²) >= 11 is 0. The molecule has 0 spiro atoms. The van der Waals surface area contributed by atoms with Gasteiger partial charge in [0.2, 0.25) is 0 Å². The number of methoxy groups -OCH3 is 1. The number of carbonyl (C=O) groups excluding carboxylic acids is 2. The first-order valence-electron chi connectivity index (χ1n) is 7.77. The monoisotopic (exact) mass is 341 g/mol. The molecule has 2 aromatic rings. The molecule has 25 heavy (non-hydrogen) atoms. The Morgan fingerprint density at radius 1 is 1.00 bits per heavy atom. The first kappa shape index (κ1) is 18.2. The van der Waals surface area contributed by atoms with E-state index >= 15 is 0 Å². The second-order valence-electron chi connectivity index (χ2n) is 5.42. The summed E-state index contributed by atoms with van der Waals surface area (Å²) in [5.74, 6) is -2.22. The molecule has 130 valence electrons. The topological polar surface area (TPSA) is 92.7 Å². The average molecular weight is 341 g/mol. The van der Waals surface area contributed by atoms with Gasteiger partial charge in [-0.3, -0.25) is 9.59 Å². The van der Waals surface area contributed by atoms with Gasteiger partial charge in [0.05, 0.1) is 7.11 Å². The molecule has 2 N–H and O–H groups in total. The van der Waals surface area contributed by atoms with Crippen molar-refractivity contribution in [2.45, 2.75) is 18.9 Å². The number of carboxylic acids is 1. The van der Waals surface area contributed by atoms with Crippen LogP contribution in [0, 0.1) is 0 Å². The second kappa shape index (κ2) is 8.63. The Morgan fingerprint density at radius 3 is 2.16 bits per heavy atom. The summed E-state index contributed by atoms with van der Waals surface area (Å²) in [6.07, 6.45) is -0.115. The number of rotatable bonds is 7. The van der Waals surface area contributed by atoms with E-state index in [1.165, 1.54) is 7.11 Å². The van der Waals surface area contributed by atoms with Gasteiger partial charge in [-0.1, -0.05) is 42.5 Å². The van der Waals surface area contributed by atoms with E-state index < -0.39 is 23.9 Å². The largest absolute Gasteiger partial charge is 0.480 e. The highest BCUT2D eigenvalue weighted by Crippen LogP contribution is 2.19. The van der Waals surface area contributed by atoms with E-state index in [9.17, 15) is 19.5 Å². The van der Waals surface area contributed by atoms with Crippen LogP contribution in [0.5, 0.6) is 0 Å². The van der Waals surface area contributed by atoms with Crippen LogP contribution in [0.15, 0.2) is 54.6 Å². The molecule has 0 saturated heterocycles. The van der Waals surface area contributed by atoms with Crippen molar-refractivity contribution in [2.24, 2.45) is 0 Å². The third-order valence-corrected chi connectivity index (χ3v) is 3.72. The van der Waals surface area contributed by atoms with E-state index in [1.807, 2.05) is 30.3 Å². The van der Waals surface area contributed by atoms with Gasteiger partial charge in [0.15, 0.2) is 0 Å². The zero-order valence-corrected chi connectivity index (χ0v) is 13.8. The lowest BCUT2D eigenvalue weighted by Crippen LogP contribution is -2.41. The summed E-state index contributed by atoms with van der Waals surface area (Å²) in [4.78, 5) is 34.6. The van der Waals surface area contributed by atoms with Crippen molar-refractivity contribution >= 4 is 17.8 Å². The number of hydrogen-bond acceptors (Lipinski definition) is 4. The van der Waals surface area contributed by atoms with Gasteiger partial charge in [-0.15, -0.1) is 0 Å². The molecule has 0 saturated carbocycles. The quantitative estimate of drug-likeness (QED) is 0.755. The number of nitrogens with one attached hydrogen (secondary N) is 1. The predicted octanol–water partition coefficient (Wildman–Crippen LogP) is 2.49. The van der Waals surface area contributed by atoms with Crippen LogP contribution < -0.4 is 5.32 Å². The maximum absolute atomic E-state index is 12.2. The molecular formula is C19H19NO5. The third kappa shape index (κ3) is 5.17. The highest BCUT2D eigenvalue weighted by molar-refractivity contribution is 5.97. The van der Waals surface area contributed by atoms with Crippen LogP contribution in [-0.4, -0.2) is 36.1 Å². The summed E-state index contributed by atoms with van der Waals surface area (Å²) in [5, 5.41) is 11.6. The highest BCUT2D eigenvalue weighted by atomic mass is 16.5. The Hall–Kier alpha value is -3.15. The minimum Gasteiger partial charge on any atom is -0.480 e. The first-order chi connectivity index (χ1) is 12.0. The maximum atomic E-state index is 12.2. The molecule has 1 atom stereocenters. The summed E-state index contributed by atoms with van der Waals surface area (Å²) in [7, 11) is 1.23. The number of carboxylic acid groups (broad SMARTS) is 1. The normalized spacial score (nSPS) is 11.4. The number of carbonyl (C=O) groups is 3. The molecular weight excluding hydrogens is 322 g/mol. The second-order valence-corrected chi connectivity index (χ2v) is 5.42. The fourth-order valence-electron chi connectivity index (χ4n) is 2.31. The lowest BCUT2D eigenvalue weighted by molar-refractivity contribution is -0.142. The number of ether oxygens (including phenoxy) is 1. The van der Waals surface area contributed by atoms with E-state index in [0.29, 0.717) is 5.56 Å². The number of amides is 1. The number of aliphatic carboxylic acids is 1. The fourth-order valence-corrected chi connectivity index (χ4v) is 2.31. The fraction of sp³-hybridized carbons (Fsp3) is 0.211. The van der Waals surface area contributed by atoms with Crippen molar-refractivity contribution < 1.29 is 24.2 Å². The molecule has 0 fully saturated rings. The van der Waals surface area contributed by atoms with Crippen LogP contribution in [0.2, 0.25) is 0 Å². The summed E-state index contributed by atoms with van der Waals surface area (Å²) in [5.41, 5.74) is 2.33. The lowest BCUT2D eigenvalue weighted by Gasteiger charge is -2.14. The Bertz CT molecular complexity index is 740. The predicted molar refractivity (Wildman–Crippen MR) is 92.0 cm³/mol. The minimum absolute atomic E-state index is 0.0319. The van der Waals surface area contributed by atoms with Crippen molar-refractivity contribution in [3.63, 3.8) is 0 Å². The van der Waals surface area contributed by atoms with Crippen LogP contribution in [0.4, 0.5) is 0 Å². The molecule has 0 aliphatic rings. The van der Waals surface area contributed by atoms with E-state index in [4.69, 9.17) is 0 Å². The maximum Gasteiger partial charge on any atom is 0.326 e. The Kier molecular flexibility index (Phi) is 6.28. The molecule has 2 aromatic carbocycles. The third-order valence-electron chi connectivity index (χ3n) is 3.72. The molecule has 0 heterocycles. The van der Waals surface area contributed by atoms with Gasteiger partial charge in [0.25, 0.3) is 5.91 Å². The van der Waals surface area contributed by atoms with Gasteiger partial charge >= 0.3 is 11.9 Å². The molecule has 0 aliphatic heterocycles. The number of benzene rings is 2. The summed E-state index contributed by atoms with van der Waals surface area (Å²) in [6.45, 7) is 0. The molecule has 0 radical (unpaired) electrons. The van der Waals surface area contributed by atoms with Gasteiger partial charge in [0.1, 0.15) is 6.04 Å². The minimum atomic E-state index is -1.20. The molecule has 0 aliphatic carbocycles. The van der Waals surface area contributed by atoms with Crippen molar-refractivity contribution in [2.75, 3.05) is 7.11 Å². The molecule has 2 rings (SSSR count). The standard InChI is InChI=1S/C19H19NO5/c1-25-17(21)12-11-16(19(23)24)20-18(22)15-9-7-14(8-10-15)13-5-3-2-4-6-13/h2-10,16H,11-12H2,1H3,(H,20,22)(H,23,24)/t16-/m0/s1. The van der Waals surface area contributed by atoms with Crippen LogP contribution in [0.3, 0.4) is 0 Å². The number of esters is 1. The zero-order valence-electron chi connectivity index (χ0n) is 13.8. The average Bonchev–Trinajstić information content (AvgIpc) is 2.65. The Balaban J connectivity index is 2.03. The van der Waals surface area contributed by atoms with E-state index in [2.05, 4.69) is 10.1 Å². The highest BCUT2D eigenvalue weighted by Gasteiger charge is 2.21. The molecule has 6 heteroatoms. The van der Waals surface area contributed by atoms with Crippen LogP contribution in [0.1, 0.15) is 23.2 Å². The van der Waals surface area contributed by atoms with Crippen LogP contribution >= 0.6 is 0 Å². The molecule has 6 nitrogen and oxygen atoms in total. The van der Waals surface area contributed by atoms with E-state index in [1.54, 1.807) is 24.3 Å². The zero-order chi connectivity index (χ0) is 18.2. The lowest BCUT2D eigenvalue weighted by atomic mass is 10.0. The number of hydrogen-bond donors (Lipinski definition) is 2. The van der Waals surface area contributed by atoms with Gasteiger partial charge in [0, 0.05) is 12.0 Å². The van der Waals surface area contributed by atoms with Crippen molar-refractivity contribution in [1.29, 1.82) is 0 Å². The summed E-state index contributed by atoms with van der Waals surface area (Å²) in [6, 6.07) is 15.4. The van der Waals surface area contributed by atoms with Crippen molar-refractivity contribution in [3.05, 3.63) is 60.2 Å². The van der Waals surface area contributed by atoms with Gasteiger partial charge in [-0.2, -0.15) is 0 Å².